The third kappa shape index (κ3) is 3.85. The monoisotopic (exact) mass is 264 g/mol. The zero-order valence-corrected chi connectivity index (χ0v) is 12.1. The maximum absolute atomic E-state index is 5.47. The highest BCUT2D eigenvalue weighted by atomic mass is 16.5. The van der Waals surface area contributed by atoms with Crippen molar-refractivity contribution >= 4 is 0 Å². The molecule has 0 spiro atoms. The average molecular weight is 264 g/mol. The van der Waals surface area contributed by atoms with E-state index in [0.717, 1.165) is 37.7 Å². The molecule has 0 saturated carbocycles. The van der Waals surface area contributed by atoms with Gasteiger partial charge in [0, 0.05) is 30.8 Å². The minimum atomic E-state index is 0.548. The minimum absolute atomic E-state index is 0.548. The number of hydrogen-bond acceptors (Lipinski definition) is 4. The van der Waals surface area contributed by atoms with E-state index in [1.54, 1.807) is 14.2 Å². The molecule has 1 aromatic carbocycles. The molecule has 1 saturated heterocycles. The molecule has 0 bridgehead atoms. The Morgan fingerprint density at radius 1 is 1.32 bits per heavy atom. The van der Waals surface area contributed by atoms with Gasteiger partial charge in [-0.3, -0.25) is 4.90 Å². The lowest BCUT2D eigenvalue weighted by atomic mass is 10.1. The van der Waals surface area contributed by atoms with Crippen LogP contribution >= 0.6 is 0 Å². The van der Waals surface area contributed by atoms with Crippen LogP contribution in [-0.4, -0.2) is 44.8 Å². The first-order valence-electron chi connectivity index (χ1n) is 6.89. The van der Waals surface area contributed by atoms with Crippen molar-refractivity contribution in [3.05, 3.63) is 23.8 Å². The van der Waals surface area contributed by atoms with Gasteiger partial charge in [0.1, 0.15) is 11.5 Å². The highest BCUT2D eigenvalue weighted by molar-refractivity contribution is 5.40. The molecule has 106 valence electrons. The molecule has 1 heterocycles. The van der Waals surface area contributed by atoms with Crippen molar-refractivity contribution in [2.24, 2.45) is 0 Å². The molecule has 0 amide bonds. The summed E-state index contributed by atoms with van der Waals surface area (Å²) in [6.45, 7) is 6.49. The molecule has 1 N–H and O–H groups in total. The van der Waals surface area contributed by atoms with Crippen molar-refractivity contribution in [1.82, 2.24) is 10.2 Å². The average Bonchev–Trinajstić information content (AvgIpc) is 2.63. The number of rotatable bonds is 4. The van der Waals surface area contributed by atoms with E-state index in [1.165, 1.54) is 12.0 Å². The fourth-order valence-corrected chi connectivity index (χ4v) is 2.56. The van der Waals surface area contributed by atoms with Gasteiger partial charge in [0.25, 0.3) is 0 Å². The van der Waals surface area contributed by atoms with Crippen LogP contribution in [0.5, 0.6) is 11.5 Å². The predicted molar refractivity (Wildman–Crippen MR) is 76.9 cm³/mol. The first-order chi connectivity index (χ1) is 9.22. The van der Waals surface area contributed by atoms with Crippen molar-refractivity contribution in [2.75, 3.05) is 33.9 Å². The maximum atomic E-state index is 5.47. The number of nitrogens with one attached hydrogen (secondary N) is 1. The molecule has 0 aromatic heterocycles. The van der Waals surface area contributed by atoms with Crippen LogP contribution in [0.2, 0.25) is 0 Å². The molecule has 19 heavy (non-hydrogen) atoms. The van der Waals surface area contributed by atoms with Crippen LogP contribution in [0.3, 0.4) is 0 Å². The van der Waals surface area contributed by atoms with Crippen molar-refractivity contribution in [2.45, 2.75) is 25.9 Å². The molecule has 0 aliphatic carbocycles. The Morgan fingerprint density at radius 3 is 2.89 bits per heavy atom. The third-order valence-electron chi connectivity index (χ3n) is 3.56. The van der Waals surface area contributed by atoms with Crippen molar-refractivity contribution < 1.29 is 9.47 Å². The predicted octanol–water partition coefficient (Wildman–Crippen LogP) is 1.89. The van der Waals surface area contributed by atoms with Crippen LogP contribution in [0.4, 0.5) is 0 Å². The van der Waals surface area contributed by atoms with Crippen LogP contribution in [0.25, 0.3) is 0 Å². The summed E-state index contributed by atoms with van der Waals surface area (Å²) in [6, 6.07) is 6.60. The molecule has 4 nitrogen and oxygen atoms in total. The molecular weight excluding hydrogens is 240 g/mol. The fraction of sp³-hybridized carbons (Fsp3) is 0.600. The second-order valence-corrected chi connectivity index (χ2v) is 5.12. The van der Waals surface area contributed by atoms with E-state index >= 15 is 0 Å². The van der Waals surface area contributed by atoms with Crippen LogP contribution in [0, 0.1) is 0 Å². The Morgan fingerprint density at radius 2 is 2.16 bits per heavy atom. The van der Waals surface area contributed by atoms with E-state index in [-0.39, 0.29) is 0 Å². The van der Waals surface area contributed by atoms with Crippen LogP contribution in [-0.2, 0) is 6.54 Å². The van der Waals surface area contributed by atoms with Gasteiger partial charge in [-0.25, -0.2) is 0 Å². The lowest BCUT2D eigenvalue weighted by Gasteiger charge is -2.23. The first-order valence-corrected chi connectivity index (χ1v) is 6.89. The Bertz CT molecular complexity index is 409. The molecular formula is C15H24N2O2. The summed E-state index contributed by atoms with van der Waals surface area (Å²) in [5.41, 5.74) is 1.22. The summed E-state index contributed by atoms with van der Waals surface area (Å²) >= 11 is 0. The largest absolute Gasteiger partial charge is 0.497 e. The Hall–Kier alpha value is -1.26. The van der Waals surface area contributed by atoms with E-state index in [4.69, 9.17) is 9.47 Å². The van der Waals surface area contributed by atoms with E-state index in [2.05, 4.69) is 23.2 Å². The van der Waals surface area contributed by atoms with Crippen molar-refractivity contribution in [1.29, 1.82) is 0 Å². The van der Waals surface area contributed by atoms with E-state index < -0.39 is 0 Å². The van der Waals surface area contributed by atoms with Gasteiger partial charge in [0.15, 0.2) is 0 Å². The molecule has 1 aromatic rings. The number of benzene rings is 1. The molecule has 1 aliphatic rings. The van der Waals surface area contributed by atoms with Gasteiger partial charge >= 0.3 is 0 Å². The molecule has 1 aliphatic heterocycles. The molecule has 1 fully saturated rings. The fourth-order valence-electron chi connectivity index (χ4n) is 2.56. The molecule has 1 atom stereocenters. The number of nitrogens with zero attached hydrogens (tertiary/aromatic N) is 1. The summed E-state index contributed by atoms with van der Waals surface area (Å²) < 4.78 is 10.7. The molecule has 2 rings (SSSR count). The lowest BCUT2D eigenvalue weighted by Crippen LogP contribution is -2.35. The molecule has 1 unspecified atom stereocenters. The number of ether oxygens (including phenoxy) is 2. The zero-order valence-electron chi connectivity index (χ0n) is 12.1. The second kappa shape index (κ2) is 6.78. The minimum Gasteiger partial charge on any atom is -0.497 e. The normalized spacial score (nSPS) is 20.9. The summed E-state index contributed by atoms with van der Waals surface area (Å²) in [5.74, 6) is 1.75. The Kier molecular flexibility index (Phi) is 5.05. The van der Waals surface area contributed by atoms with Crippen molar-refractivity contribution in [3.63, 3.8) is 0 Å². The number of methoxy groups -OCH3 is 2. The molecule has 0 radical (unpaired) electrons. The van der Waals surface area contributed by atoms with Crippen LogP contribution in [0.15, 0.2) is 18.2 Å². The SMILES string of the molecule is COc1ccc(CN2CCCNC(C)C2)c(OC)c1. The summed E-state index contributed by atoms with van der Waals surface area (Å²) in [5, 5.41) is 3.51. The summed E-state index contributed by atoms with van der Waals surface area (Å²) in [6.07, 6.45) is 1.20. The summed E-state index contributed by atoms with van der Waals surface area (Å²) in [4.78, 5) is 2.48. The van der Waals surface area contributed by atoms with Gasteiger partial charge in [-0.05, 0) is 32.5 Å². The Balaban J connectivity index is 2.08. The number of hydrogen-bond donors (Lipinski definition) is 1. The smallest absolute Gasteiger partial charge is 0.127 e. The zero-order chi connectivity index (χ0) is 13.7. The van der Waals surface area contributed by atoms with E-state index in [1.807, 2.05) is 12.1 Å². The summed E-state index contributed by atoms with van der Waals surface area (Å²) in [7, 11) is 3.39. The standard InChI is InChI=1S/C15H24N2O2/c1-12-10-17(8-4-7-16-12)11-13-5-6-14(18-2)9-15(13)19-3/h5-6,9,12,16H,4,7-8,10-11H2,1-3H3. The van der Waals surface area contributed by atoms with Gasteiger partial charge in [0.05, 0.1) is 14.2 Å². The highest BCUT2D eigenvalue weighted by Gasteiger charge is 2.16. The maximum Gasteiger partial charge on any atom is 0.127 e. The van der Waals surface area contributed by atoms with Gasteiger partial charge in [-0.2, -0.15) is 0 Å². The van der Waals surface area contributed by atoms with Gasteiger partial charge in [-0.15, -0.1) is 0 Å². The van der Waals surface area contributed by atoms with Crippen LogP contribution < -0.4 is 14.8 Å². The van der Waals surface area contributed by atoms with E-state index in [0.29, 0.717) is 6.04 Å². The topological polar surface area (TPSA) is 33.7 Å². The quantitative estimate of drug-likeness (QED) is 0.900. The third-order valence-corrected chi connectivity index (χ3v) is 3.56. The Labute approximate surface area is 115 Å². The lowest BCUT2D eigenvalue weighted by molar-refractivity contribution is 0.260. The van der Waals surface area contributed by atoms with Gasteiger partial charge in [0.2, 0.25) is 0 Å². The van der Waals surface area contributed by atoms with Gasteiger partial charge in [-0.1, -0.05) is 6.07 Å². The molecule has 4 heteroatoms. The first kappa shape index (κ1) is 14.2. The van der Waals surface area contributed by atoms with Gasteiger partial charge < -0.3 is 14.8 Å². The van der Waals surface area contributed by atoms with E-state index in [9.17, 15) is 0 Å². The second-order valence-electron chi connectivity index (χ2n) is 5.12. The highest BCUT2D eigenvalue weighted by Crippen LogP contribution is 2.26. The van der Waals surface area contributed by atoms with Crippen molar-refractivity contribution in [3.8, 4) is 11.5 Å². The van der Waals surface area contributed by atoms with Crippen LogP contribution in [0.1, 0.15) is 18.9 Å².